The Bertz CT molecular complexity index is 1830. The maximum Gasteiger partial charge on any atom is 0.333 e. The second kappa shape index (κ2) is 24.2. The van der Waals surface area contributed by atoms with Crippen molar-refractivity contribution >= 4 is 11.9 Å². The first-order valence-corrected chi connectivity index (χ1v) is 22.1. The maximum absolute atomic E-state index is 16.3. The average molecular weight is 831 g/mol. The summed E-state index contributed by atoms with van der Waals surface area (Å²) < 4.78 is 49.4. The molecule has 7 nitrogen and oxygen atoms in total. The van der Waals surface area contributed by atoms with Gasteiger partial charge in [-0.25, -0.2) is 18.4 Å². The molecule has 0 aromatic heterocycles. The molecule has 0 heterocycles. The predicted molar refractivity (Wildman–Crippen MR) is 236 cm³/mol. The van der Waals surface area contributed by atoms with Gasteiger partial charge >= 0.3 is 11.9 Å². The van der Waals surface area contributed by atoms with E-state index in [2.05, 4.69) is 20.1 Å². The van der Waals surface area contributed by atoms with E-state index in [1.807, 2.05) is 25.1 Å². The standard InChI is InChI=1S/C51H68F2O7/c1-7-9-10-13-37-16-18-38(19-17-37)39-20-22-44(46(52)31-39)40-21-23-45(47(53)32-40)43-29-41(14-11-26-59-49(56)35(3)4)48(58-28-25-51(33-54,34-55)24-8-2)42(30-43)15-12-27-60-50(57)36(5)6/h20-23,29-32,37-38,54-55H,3,5,7-19,24-28,33-34H2,1-2,4,6H3. The molecule has 1 aliphatic carbocycles. The zero-order valence-electron chi connectivity index (χ0n) is 36.5. The average Bonchev–Trinajstić information content (AvgIpc) is 3.24. The number of benzene rings is 3. The molecule has 3 aromatic carbocycles. The first-order chi connectivity index (χ1) is 28.8. The van der Waals surface area contributed by atoms with E-state index in [1.165, 1.54) is 44.6 Å². The van der Waals surface area contributed by atoms with Crippen LogP contribution in [-0.2, 0) is 31.9 Å². The number of aliphatic hydroxyl groups excluding tert-OH is 2. The fourth-order valence-corrected chi connectivity index (χ4v) is 8.36. The number of rotatable bonds is 25. The Kier molecular flexibility index (Phi) is 19.5. The molecule has 3 aromatic rings. The van der Waals surface area contributed by atoms with Gasteiger partial charge in [-0.2, -0.15) is 0 Å². The molecule has 0 aliphatic heterocycles. The highest BCUT2D eigenvalue weighted by molar-refractivity contribution is 5.87. The lowest BCUT2D eigenvalue weighted by molar-refractivity contribution is -0.139. The molecular formula is C51H68F2O7. The third-order valence-electron chi connectivity index (χ3n) is 12.0. The van der Waals surface area contributed by atoms with Gasteiger partial charge in [-0.05, 0) is 142 Å². The van der Waals surface area contributed by atoms with Crippen molar-refractivity contribution < 1.29 is 42.8 Å². The van der Waals surface area contributed by atoms with Crippen molar-refractivity contribution in [3.63, 3.8) is 0 Å². The van der Waals surface area contributed by atoms with Crippen molar-refractivity contribution in [3.05, 3.63) is 101 Å². The number of halogens is 2. The number of hydrogen-bond donors (Lipinski definition) is 2. The number of hydrogen-bond acceptors (Lipinski definition) is 7. The third-order valence-corrected chi connectivity index (χ3v) is 12.0. The van der Waals surface area contributed by atoms with Crippen LogP contribution < -0.4 is 4.74 Å². The molecule has 0 radical (unpaired) electrons. The van der Waals surface area contributed by atoms with Crippen LogP contribution in [-0.4, -0.2) is 55.2 Å². The van der Waals surface area contributed by atoms with Crippen LogP contribution in [0.1, 0.15) is 134 Å². The number of carbonyl (C=O) groups excluding carboxylic acids is 2. The van der Waals surface area contributed by atoms with E-state index in [0.717, 1.165) is 41.9 Å². The van der Waals surface area contributed by atoms with Gasteiger partial charge in [0.25, 0.3) is 0 Å². The monoisotopic (exact) mass is 830 g/mol. The number of ether oxygens (including phenoxy) is 3. The van der Waals surface area contributed by atoms with Crippen LogP contribution in [0.25, 0.3) is 22.3 Å². The van der Waals surface area contributed by atoms with Crippen LogP contribution in [0.2, 0.25) is 0 Å². The highest BCUT2D eigenvalue weighted by atomic mass is 19.1. The van der Waals surface area contributed by atoms with Crippen molar-refractivity contribution in [2.45, 2.75) is 130 Å². The summed E-state index contributed by atoms with van der Waals surface area (Å²) in [5.41, 5.74) is 4.10. The van der Waals surface area contributed by atoms with E-state index in [0.29, 0.717) is 83.6 Å². The van der Waals surface area contributed by atoms with Crippen molar-refractivity contribution in [2.24, 2.45) is 11.3 Å². The number of aryl methyl sites for hydroxylation is 2. The Hall–Kier alpha value is -4.34. The van der Waals surface area contributed by atoms with Crippen molar-refractivity contribution in [1.82, 2.24) is 0 Å². The highest BCUT2D eigenvalue weighted by Gasteiger charge is 2.28. The van der Waals surface area contributed by atoms with E-state index in [4.69, 9.17) is 14.2 Å². The van der Waals surface area contributed by atoms with E-state index in [9.17, 15) is 19.8 Å². The van der Waals surface area contributed by atoms with Gasteiger partial charge in [-0.1, -0.05) is 83.4 Å². The lowest BCUT2D eigenvalue weighted by Gasteiger charge is -2.30. The molecule has 4 rings (SSSR count). The molecule has 0 amide bonds. The summed E-state index contributed by atoms with van der Waals surface area (Å²) in [5.74, 6) is -0.170. The van der Waals surface area contributed by atoms with Gasteiger partial charge in [-0.15, -0.1) is 0 Å². The van der Waals surface area contributed by atoms with Gasteiger partial charge in [0.05, 0.1) is 33.0 Å². The van der Waals surface area contributed by atoms with Crippen molar-refractivity contribution in [2.75, 3.05) is 33.0 Å². The minimum atomic E-state index is -0.708. The predicted octanol–water partition coefficient (Wildman–Crippen LogP) is 11.8. The van der Waals surface area contributed by atoms with Gasteiger partial charge in [0.2, 0.25) is 0 Å². The fraction of sp³-hybridized carbons (Fsp3) is 0.529. The van der Waals surface area contributed by atoms with Crippen LogP contribution >= 0.6 is 0 Å². The number of unbranched alkanes of at least 4 members (excludes halogenated alkanes) is 2. The maximum atomic E-state index is 16.3. The zero-order chi connectivity index (χ0) is 43.7. The van der Waals surface area contributed by atoms with E-state index < -0.39 is 23.2 Å². The third kappa shape index (κ3) is 13.8. The Morgan fingerprint density at radius 3 is 1.78 bits per heavy atom. The minimum Gasteiger partial charge on any atom is -0.493 e. The molecule has 0 spiro atoms. The molecule has 0 bridgehead atoms. The molecule has 2 N–H and O–H groups in total. The van der Waals surface area contributed by atoms with Crippen LogP contribution in [0.4, 0.5) is 8.78 Å². The highest BCUT2D eigenvalue weighted by Crippen LogP contribution is 2.40. The molecule has 1 saturated carbocycles. The second-order valence-electron chi connectivity index (χ2n) is 17.0. The smallest absolute Gasteiger partial charge is 0.333 e. The molecule has 60 heavy (non-hydrogen) atoms. The topological polar surface area (TPSA) is 102 Å². The quantitative estimate of drug-likeness (QED) is 0.0498. The summed E-state index contributed by atoms with van der Waals surface area (Å²) in [6, 6.07) is 13.9. The van der Waals surface area contributed by atoms with Crippen LogP contribution in [0.5, 0.6) is 5.75 Å². The number of aliphatic hydroxyl groups is 2. The summed E-state index contributed by atoms with van der Waals surface area (Å²) >= 11 is 0. The van der Waals surface area contributed by atoms with Gasteiger partial charge in [-0.3, -0.25) is 0 Å². The SMILES string of the molecule is C=C(C)C(=O)OCCCc1cc(-c2ccc(-c3ccc(C4CCC(CCCCC)CC4)cc3F)cc2F)cc(CCCOC(=O)C(=C)C)c1OCCC(CO)(CO)CCC. The first-order valence-electron chi connectivity index (χ1n) is 22.1. The van der Waals surface area contributed by atoms with Crippen molar-refractivity contribution in [3.8, 4) is 28.0 Å². The Balaban J connectivity index is 1.64. The molecule has 0 saturated heterocycles. The van der Waals surface area contributed by atoms with E-state index >= 15 is 8.78 Å². The minimum absolute atomic E-state index is 0.129. The van der Waals surface area contributed by atoms with Gasteiger partial charge < -0.3 is 24.4 Å². The van der Waals surface area contributed by atoms with Crippen molar-refractivity contribution in [1.29, 1.82) is 0 Å². The summed E-state index contributed by atoms with van der Waals surface area (Å²) in [6.07, 6.45) is 13.1. The van der Waals surface area contributed by atoms with Crippen LogP contribution in [0, 0.1) is 23.0 Å². The second-order valence-corrected chi connectivity index (χ2v) is 17.0. The van der Waals surface area contributed by atoms with Crippen LogP contribution in [0.3, 0.4) is 0 Å². The molecule has 1 aliphatic rings. The van der Waals surface area contributed by atoms with Gasteiger partial charge in [0.1, 0.15) is 17.4 Å². The first kappa shape index (κ1) is 48.3. The molecule has 9 heteroatoms. The lowest BCUT2D eigenvalue weighted by atomic mass is 9.77. The molecule has 1 fully saturated rings. The molecule has 328 valence electrons. The molecule has 0 unspecified atom stereocenters. The molecular weight excluding hydrogens is 763 g/mol. The van der Waals surface area contributed by atoms with E-state index in [-0.39, 0.29) is 38.9 Å². The lowest BCUT2D eigenvalue weighted by Crippen LogP contribution is -2.31. The Morgan fingerprint density at radius 2 is 1.27 bits per heavy atom. The summed E-state index contributed by atoms with van der Waals surface area (Å²) in [6.45, 7) is 14.8. The van der Waals surface area contributed by atoms with Gasteiger partial charge in [0.15, 0.2) is 0 Å². The molecule has 0 atom stereocenters. The summed E-state index contributed by atoms with van der Waals surface area (Å²) in [4.78, 5) is 24.3. The normalized spacial score (nSPS) is 15.4. The van der Waals surface area contributed by atoms with E-state index in [1.54, 1.807) is 38.1 Å². The summed E-state index contributed by atoms with van der Waals surface area (Å²) in [5, 5.41) is 20.4. The zero-order valence-corrected chi connectivity index (χ0v) is 36.5. The van der Waals surface area contributed by atoms with Gasteiger partial charge in [0, 0.05) is 27.7 Å². The Labute approximate surface area is 357 Å². The largest absolute Gasteiger partial charge is 0.493 e. The number of esters is 2. The van der Waals surface area contributed by atoms with Crippen LogP contribution in [0.15, 0.2) is 72.8 Å². The Morgan fingerprint density at radius 1 is 0.700 bits per heavy atom. The number of carbonyl (C=O) groups is 2. The summed E-state index contributed by atoms with van der Waals surface area (Å²) in [7, 11) is 0. The fourth-order valence-electron chi connectivity index (χ4n) is 8.36.